The molecule has 0 aliphatic carbocycles. The van der Waals surface area contributed by atoms with Crippen LogP contribution in [-0.4, -0.2) is 19.0 Å². The molecular formula is C16H14BrClN2O. The molecule has 2 aromatic carbocycles. The Hall–Kier alpha value is -1.36. The van der Waals surface area contributed by atoms with Crippen LogP contribution < -0.4 is 10.2 Å². The van der Waals surface area contributed by atoms with Crippen LogP contribution in [0.2, 0.25) is 5.02 Å². The van der Waals surface area contributed by atoms with Gasteiger partial charge in [0.1, 0.15) is 0 Å². The lowest BCUT2D eigenvalue weighted by Crippen LogP contribution is -2.34. The molecule has 0 aromatic heterocycles. The van der Waals surface area contributed by atoms with Crippen LogP contribution >= 0.6 is 27.5 Å². The van der Waals surface area contributed by atoms with E-state index in [1.54, 1.807) is 17.0 Å². The molecule has 3 rings (SSSR count). The second-order valence-electron chi connectivity index (χ2n) is 4.89. The zero-order valence-corrected chi connectivity index (χ0v) is 13.6. The number of amides is 1. The molecule has 1 N–H and O–H groups in total. The van der Waals surface area contributed by atoms with Crippen molar-refractivity contribution >= 4 is 39.1 Å². The van der Waals surface area contributed by atoms with E-state index >= 15 is 0 Å². The van der Waals surface area contributed by atoms with E-state index < -0.39 is 0 Å². The van der Waals surface area contributed by atoms with Gasteiger partial charge in [-0.05, 0) is 29.8 Å². The first-order valence-corrected chi connectivity index (χ1v) is 7.89. The number of halogens is 2. The summed E-state index contributed by atoms with van der Waals surface area (Å²) in [5, 5.41) is 3.79. The summed E-state index contributed by atoms with van der Waals surface area (Å²) in [6.45, 7) is 2.16. The van der Waals surface area contributed by atoms with E-state index in [2.05, 4.69) is 21.2 Å². The first-order valence-electron chi connectivity index (χ1n) is 6.72. The maximum absolute atomic E-state index is 12.8. The summed E-state index contributed by atoms with van der Waals surface area (Å²) in [5.41, 5.74) is 2.60. The van der Waals surface area contributed by atoms with Crippen molar-refractivity contribution in [2.24, 2.45) is 0 Å². The lowest BCUT2D eigenvalue weighted by Gasteiger charge is -2.23. The third-order valence-electron chi connectivity index (χ3n) is 3.52. The van der Waals surface area contributed by atoms with Crippen molar-refractivity contribution < 1.29 is 4.79 Å². The highest BCUT2D eigenvalue weighted by atomic mass is 79.9. The van der Waals surface area contributed by atoms with Crippen LogP contribution in [0.1, 0.15) is 15.9 Å². The molecule has 21 heavy (non-hydrogen) atoms. The summed E-state index contributed by atoms with van der Waals surface area (Å²) in [4.78, 5) is 14.6. The van der Waals surface area contributed by atoms with Crippen LogP contribution in [0, 0.1) is 0 Å². The van der Waals surface area contributed by atoms with Crippen molar-refractivity contribution in [3.8, 4) is 0 Å². The molecule has 1 aliphatic rings. The fourth-order valence-corrected chi connectivity index (χ4v) is 3.23. The Kier molecular flexibility index (Phi) is 4.29. The monoisotopic (exact) mass is 364 g/mol. The van der Waals surface area contributed by atoms with Gasteiger partial charge in [-0.15, -0.1) is 0 Å². The van der Waals surface area contributed by atoms with Crippen LogP contribution in [0.4, 0.5) is 5.69 Å². The Labute approximate surface area is 137 Å². The summed E-state index contributed by atoms with van der Waals surface area (Å²) >= 11 is 9.58. The zero-order chi connectivity index (χ0) is 14.8. The first kappa shape index (κ1) is 14.6. The molecule has 0 unspecified atom stereocenters. The third-order valence-corrected chi connectivity index (χ3v) is 4.32. The van der Waals surface area contributed by atoms with Gasteiger partial charge in [0.25, 0.3) is 5.91 Å². The first-order chi connectivity index (χ1) is 10.2. The van der Waals surface area contributed by atoms with Crippen molar-refractivity contribution in [2.45, 2.75) is 6.54 Å². The van der Waals surface area contributed by atoms with Crippen molar-refractivity contribution in [3.63, 3.8) is 0 Å². The molecule has 1 amide bonds. The summed E-state index contributed by atoms with van der Waals surface area (Å²) in [6.07, 6.45) is 0. The van der Waals surface area contributed by atoms with Crippen molar-refractivity contribution in [1.82, 2.24) is 5.32 Å². The summed E-state index contributed by atoms with van der Waals surface area (Å²) in [6, 6.07) is 13.3. The van der Waals surface area contributed by atoms with Gasteiger partial charge in [0.05, 0.1) is 10.6 Å². The molecule has 5 heteroatoms. The molecule has 3 nitrogen and oxygen atoms in total. The Balaban J connectivity index is 2.01. The summed E-state index contributed by atoms with van der Waals surface area (Å²) in [5.74, 6) is -0.0661. The van der Waals surface area contributed by atoms with Gasteiger partial charge in [-0.1, -0.05) is 45.7 Å². The number of carbonyl (C=O) groups excluding carboxylic acids is 1. The molecule has 0 bridgehead atoms. The molecule has 108 valence electrons. The second-order valence-corrected chi connectivity index (χ2v) is 6.21. The SMILES string of the molecule is O=C(c1ccc(Br)cc1Cl)N1CCNCc2ccccc21. The van der Waals surface area contributed by atoms with E-state index in [0.29, 0.717) is 17.1 Å². The van der Waals surface area contributed by atoms with Crippen molar-refractivity contribution in [1.29, 1.82) is 0 Å². The number of benzene rings is 2. The van der Waals surface area contributed by atoms with E-state index in [9.17, 15) is 4.79 Å². The summed E-state index contributed by atoms with van der Waals surface area (Å²) in [7, 11) is 0. The molecule has 0 spiro atoms. The lowest BCUT2D eigenvalue weighted by atomic mass is 10.1. The summed E-state index contributed by atoms with van der Waals surface area (Å²) < 4.78 is 0.863. The molecule has 0 fully saturated rings. The maximum atomic E-state index is 12.8. The normalized spacial score (nSPS) is 14.5. The van der Waals surface area contributed by atoms with E-state index in [4.69, 9.17) is 11.6 Å². The van der Waals surface area contributed by atoms with Gasteiger partial charge in [-0.25, -0.2) is 0 Å². The standard InChI is InChI=1S/C16H14BrClN2O/c17-12-5-6-13(14(18)9-12)16(21)20-8-7-19-10-11-3-1-2-4-15(11)20/h1-6,9,19H,7-8,10H2. The fourth-order valence-electron chi connectivity index (χ4n) is 2.48. The quantitative estimate of drug-likeness (QED) is 0.832. The van der Waals surface area contributed by atoms with Crippen LogP contribution in [0.5, 0.6) is 0 Å². The number of hydrogen-bond donors (Lipinski definition) is 1. The van der Waals surface area contributed by atoms with Crippen LogP contribution in [0.25, 0.3) is 0 Å². The minimum atomic E-state index is -0.0661. The van der Waals surface area contributed by atoms with Crippen molar-refractivity contribution in [2.75, 3.05) is 18.0 Å². The average Bonchev–Trinajstić information content (AvgIpc) is 2.69. The predicted molar refractivity (Wildman–Crippen MR) is 89.0 cm³/mol. The number of hydrogen-bond acceptors (Lipinski definition) is 2. The molecule has 1 aliphatic heterocycles. The Morgan fingerprint density at radius 3 is 2.86 bits per heavy atom. The second kappa shape index (κ2) is 6.18. The van der Waals surface area contributed by atoms with Crippen molar-refractivity contribution in [3.05, 3.63) is 63.1 Å². The van der Waals surface area contributed by atoms with Gasteiger partial charge in [-0.2, -0.15) is 0 Å². The number of nitrogens with one attached hydrogen (secondary N) is 1. The average molecular weight is 366 g/mol. The van der Waals surface area contributed by atoms with Gasteiger partial charge in [0.2, 0.25) is 0 Å². The number of rotatable bonds is 1. The van der Waals surface area contributed by atoms with E-state index in [1.807, 2.05) is 30.3 Å². The largest absolute Gasteiger partial charge is 0.311 e. The van der Waals surface area contributed by atoms with Gasteiger partial charge in [-0.3, -0.25) is 4.79 Å². The van der Waals surface area contributed by atoms with E-state index in [-0.39, 0.29) is 5.91 Å². The number of anilines is 1. The molecule has 0 saturated carbocycles. The maximum Gasteiger partial charge on any atom is 0.259 e. The van der Waals surface area contributed by atoms with Gasteiger partial charge >= 0.3 is 0 Å². The molecular weight excluding hydrogens is 352 g/mol. The Morgan fingerprint density at radius 2 is 2.05 bits per heavy atom. The highest BCUT2D eigenvalue weighted by Crippen LogP contribution is 2.27. The highest BCUT2D eigenvalue weighted by Gasteiger charge is 2.23. The number of nitrogens with zero attached hydrogens (tertiary/aromatic N) is 1. The topological polar surface area (TPSA) is 32.3 Å². The predicted octanol–water partition coefficient (Wildman–Crippen LogP) is 3.85. The lowest BCUT2D eigenvalue weighted by molar-refractivity contribution is 0.0987. The van der Waals surface area contributed by atoms with Crippen LogP contribution in [-0.2, 0) is 6.54 Å². The zero-order valence-electron chi connectivity index (χ0n) is 11.3. The third kappa shape index (κ3) is 2.98. The van der Waals surface area contributed by atoms with Crippen LogP contribution in [0.15, 0.2) is 46.9 Å². The van der Waals surface area contributed by atoms with Gasteiger partial charge in [0, 0.05) is 29.8 Å². The minimum absolute atomic E-state index is 0.0661. The number of carbonyl (C=O) groups is 1. The van der Waals surface area contributed by atoms with Gasteiger partial charge in [0.15, 0.2) is 0 Å². The number of para-hydroxylation sites is 1. The molecule has 1 heterocycles. The Bertz CT molecular complexity index is 690. The number of fused-ring (bicyclic) bond motifs is 1. The minimum Gasteiger partial charge on any atom is -0.311 e. The molecule has 2 aromatic rings. The molecule has 0 radical (unpaired) electrons. The van der Waals surface area contributed by atoms with Gasteiger partial charge < -0.3 is 10.2 Å². The van der Waals surface area contributed by atoms with Crippen LogP contribution in [0.3, 0.4) is 0 Å². The van der Waals surface area contributed by atoms with E-state index in [0.717, 1.165) is 28.8 Å². The molecule has 0 atom stereocenters. The smallest absolute Gasteiger partial charge is 0.259 e. The Morgan fingerprint density at radius 1 is 1.24 bits per heavy atom. The molecule has 0 saturated heterocycles. The highest BCUT2D eigenvalue weighted by molar-refractivity contribution is 9.10. The fraction of sp³-hybridized carbons (Fsp3) is 0.188. The van der Waals surface area contributed by atoms with E-state index in [1.165, 1.54) is 0 Å².